The monoisotopic (exact) mass is 415 g/mol. The Morgan fingerprint density at radius 1 is 1.03 bits per heavy atom. The lowest BCUT2D eigenvalue weighted by Crippen LogP contribution is -2.40. The molecule has 0 radical (unpaired) electrons. The van der Waals surface area contributed by atoms with Crippen molar-refractivity contribution in [1.82, 2.24) is 39.2 Å². The number of nitrogens with one attached hydrogen (secondary N) is 1. The number of nitrogens with zero attached hydrogens (tertiary/aromatic N) is 8. The summed E-state index contributed by atoms with van der Waals surface area (Å²) in [7, 11) is 1.83. The minimum absolute atomic E-state index is 0.108. The van der Waals surface area contributed by atoms with Crippen LogP contribution in [0.3, 0.4) is 0 Å². The molecule has 0 aromatic carbocycles. The lowest BCUT2D eigenvalue weighted by molar-refractivity contribution is 0.0680. The van der Waals surface area contributed by atoms with Crippen molar-refractivity contribution in [3.8, 4) is 11.4 Å². The van der Waals surface area contributed by atoms with E-state index in [1.54, 1.807) is 28.0 Å². The molecule has 0 spiro atoms. The van der Waals surface area contributed by atoms with Crippen molar-refractivity contribution in [2.75, 3.05) is 11.9 Å². The fourth-order valence-electron chi connectivity index (χ4n) is 3.56. The molecule has 156 valence electrons. The molecule has 0 aliphatic carbocycles. The number of hydrogen-bond donors (Lipinski definition) is 1. The Bertz CT molecular complexity index is 1260. The summed E-state index contributed by atoms with van der Waals surface area (Å²) in [5.41, 5.74) is 3.08. The molecule has 0 unspecified atom stereocenters. The molecule has 1 amide bonds. The van der Waals surface area contributed by atoms with E-state index in [0.29, 0.717) is 42.8 Å². The summed E-state index contributed by atoms with van der Waals surface area (Å²) in [5, 5.41) is 7.26. The Balaban J connectivity index is 1.38. The third-order valence-corrected chi connectivity index (χ3v) is 5.14. The Morgan fingerprint density at radius 3 is 2.74 bits per heavy atom. The van der Waals surface area contributed by atoms with Gasteiger partial charge in [-0.05, 0) is 25.1 Å². The largest absolute Gasteiger partial charge is 0.328 e. The maximum atomic E-state index is 13.0. The molecule has 0 bridgehead atoms. The standard InChI is InChI=1S/C21H21N9O/c1-14-4-3-5-15(24-14)12-30-11-10-29-13-17(25-19(29)20(30)31)16-6-8-22-21(26-16)27-18-7-9-23-28(18)2/h3-9,13H,10-12H2,1-2H3,(H,22,26,27). The van der Waals surface area contributed by atoms with Gasteiger partial charge >= 0.3 is 0 Å². The van der Waals surface area contributed by atoms with Gasteiger partial charge in [0, 0.05) is 44.3 Å². The Morgan fingerprint density at radius 2 is 1.94 bits per heavy atom. The molecule has 0 fully saturated rings. The van der Waals surface area contributed by atoms with Crippen LogP contribution in [0.1, 0.15) is 22.0 Å². The highest BCUT2D eigenvalue weighted by molar-refractivity contribution is 5.92. The number of hydrogen-bond acceptors (Lipinski definition) is 7. The van der Waals surface area contributed by atoms with Crippen LogP contribution in [0.25, 0.3) is 11.4 Å². The van der Waals surface area contributed by atoms with E-state index in [4.69, 9.17) is 0 Å². The minimum Gasteiger partial charge on any atom is -0.328 e. The van der Waals surface area contributed by atoms with E-state index >= 15 is 0 Å². The van der Waals surface area contributed by atoms with E-state index in [-0.39, 0.29) is 5.91 Å². The van der Waals surface area contributed by atoms with Crippen molar-refractivity contribution in [1.29, 1.82) is 0 Å². The van der Waals surface area contributed by atoms with Crippen LogP contribution >= 0.6 is 0 Å². The topological polar surface area (TPSA) is 107 Å². The summed E-state index contributed by atoms with van der Waals surface area (Å²) in [6, 6.07) is 9.45. The summed E-state index contributed by atoms with van der Waals surface area (Å²) >= 11 is 0. The van der Waals surface area contributed by atoms with Gasteiger partial charge in [0.05, 0.1) is 24.1 Å². The number of aryl methyl sites for hydroxylation is 2. The number of carbonyl (C=O) groups is 1. The molecule has 0 atom stereocenters. The number of imidazole rings is 1. The van der Waals surface area contributed by atoms with Gasteiger partial charge in [0.1, 0.15) is 11.5 Å². The molecule has 31 heavy (non-hydrogen) atoms. The maximum absolute atomic E-state index is 13.0. The van der Waals surface area contributed by atoms with E-state index in [9.17, 15) is 4.79 Å². The SMILES string of the molecule is Cc1cccc(CN2CCn3cc(-c4ccnc(Nc5ccnn5C)n4)nc3C2=O)n1. The fraction of sp³-hybridized carbons (Fsp3) is 0.238. The van der Waals surface area contributed by atoms with Crippen molar-refractivity contribution in [3.05, 3.63) is 66.1 Å². The number of carbonyl (C=O) groups excluding carboxylic acids is 1. The second-order valence-electron chi connectivity index (χ2n) is 7.37. The first-order chi connectivity index (χ1) is 15.1. The molecule has 0 saturated heterocycles. The molecular weight excluding hydrogens is 394 g/mol. The predicted molar refractivity (Wildman–Crippen MR) is 113 cm³/mol. The number of fused-ring (bicyclic) bond motifs is 1. The first-order valence-electron chi connectivity index (χ1n) is 9.94. The van der Waals surface area contributed by atoms with Crippen molar-refractivity contribution in [2.45, 2.75) is 20.0 Å². The van der Waals surface area contributed by atoms with Gasteiger partial charge in [0.2, 0.25) is 5.95 Å². The number of anilines is 2. The first-order valence-corrected chi connectivity index (χ1v) is 9.94. The van der Waals surface area contributed by atoms with Gasteiger partial charge in [0.15, 0.2) is 5.82 Å². The lowest BCUT2D eigenvalue weighted by Gasteiger charge is -2.27. The van der Waals surface area contributed by atoms with Crippen LogP contribution in [0.5, 0.6) is 0 Å². The third-order valence-electron chi connectivity index (χ3n) is 5.14. The van der Waals surface area contributed by atoms with Crippen LogP contribution in [0.15, 0.2) is 48.9 Å². The van der Waals surface area contributed by atoms with E-state index in [1.807, 2.05) is 49.0 Å². The zero-order chi connectivity index (χ0) is 21.4. The van der Waals surface area contributed by atoms with Crippen LogP contribution < -0.4 is 5.32 Å². The Kier molecular flexibility index (Phi) is 4.66. The molecule has 5 heterocycles. The number of amides is 1. The number of aromatic nitrogens is 7. The van der Waals surface area contributed by atoms with E-state index < -0.39 is 0 Å². The maximum Gasteiger partial charge on any atom is 0.290 e. The lowest BCUT2D eigenvalue weighted by atomic mass is 10.2. The highest BCUT2D eigenvalue weighted by Gasteiger charge is 2.27. The number of pyridine rings is 1. The van der Waals surface area contributed by atoms with E-state index in [1.165, 1.54) is 0 Å². The summed E-state index contributed by atoms with van der Waals surface area (Å²) in [4.78, 5) is 32.7. The van der Waals surface area contributed by atoms with Crippen LogP contribution in [-0.2, 0) is 20.1 Å². The molecule has 10 nitrogen and oxygen atoms in total. The normalized spacial score (nSPS) is 13.4. The van der Waals surface area contributed by atoms with Crippen LogP contribution in [-0.4, -0.2) is 51.6 Å². The zero-order valence-corrected chi connectivity index (χ0v) is 17.2. The van der Waals surface area contributed by atoms with Gasteiger partial charge in [-0.2, -0.15) is 5.10 Å². The van der Waals surface area contributed by atoms with Crippen LogP contribution in [0.4, 0.5) is 11.8 Å². The smallest absolute Gasteiger partial charge is 0.290 e. The van der Waals surface area contributed by atoms with Gasteiger partial charge < -0.3 is 14.8 Å². The molecule has 1 aliphatic heterocycles. The summed E-state index contributed by atoms with van der Waals surface area (Å²) < 4.78 is 3.58. The quantitative estimate of drug-likeness (QED) is 0.532. The van der Waals surface area contributed by atoms with E-state index in [0.717, 1.165) is 17.2 Å². The summed E-state index contributed by atoms with van der Waals surface area (Å²) in [6.45, 7) is 3.69. The molecule has 1 N–H and O–H groups in total. The van der Waals surface area contributed by atoms with Gasteiger partial charge in [-0.25, -0.2) is 15.0 Å². The van der Waals surface area contributed by atoms with Crippen LogP contribution in [0, 0.1) is 6.92 Å². The molecule has 5 rings (SSSR count). The molecule has 1 aliphatic rings. The summed E-state index contributed by atoms with van der Waals surface area (Å²) in [6.07, 6.45) is 5.22. The molecule has 4 aromatic heterocycles. The highest BCUT2D eigenvalue weighted by atomic mass is 16.2. The van der Waals surface area contributed by atoms with Gasteiger partial charge in [-0.1, -0.05) is 6.07 Å². The predicted octanol–water partition coefficient (Wildman–Crippen LogP) is 2.18. The third kappa shape index (κ3) is 3.75. The highest BCUT2D eigenvalue weighted by Crippen LogP contribution is 2.22. The van der Waals surface area contributed by atoms with Crippen molar-refractivity contribution < 1.29 is 4.79 Å². The van der Waals surface area contributed by atoms with E-state index in [2.05, 4.69) is 30.4 Å². The second kappa shape index (κ2) is 7.63. The zero-order valence-electron chi connectivity index (χ0n) is 17.2. The molecule has 0 saturated carbocycles. The number of rotatable bonds is 5. The fourth-order valence-corrected chi connectivity index (χ4v) is 3.56. The average Bonchev–Trinajstić information content (AvgIpc) is 3.37. The Labute approximate surface area is 178 Å². The Hall–Kier alpha value is -4.08. The van der Waals surface area contributed by atoms with Gasteiger partial charge in [0.25, 0.3) is 5.91 Å². The first kappa shape index (κ1) is 18.9. The van der Waals surface area contributed by atoms with Gasteiger partial charge in [-0.3, -0.25) is 14.5 Å². The van der Waals surface area contributed by atoms with Crippen molar-refractivity contribution >= 4 is 17.7 Å². The molecule has 4 aromatic rings. The average molecular weight is 415 g/mol. The van der Waals surface area contributed by atoms with Crippen molar-refractivity contribution in [3.63, 3.8) is 0 Å². The molecular formula is C21H21N9O. The molecule has 10 heteroatoms. The summed E-state index contributed by atoms with van der Waals surface area (Å²) in [5.74, 6) is 1.51. The van der Waals surface area contributed by atoms with Gasteiger partial charge in [-0.15, -0.1) is 0 Å². The van der Waals surface area contributed by atoms with Crippen molar-refractivity contribution in [2.24, 2.45) is 7.05 Å². The minimum atomic E-state index is -0.108. The second-order valence-corrected chi connectivity index (χ2v) is 7.37. The van der Waals surface area contributed by atoms with Crippen LogP contribution in [0.2, 0.25) is 0 Å².